The summed E-state index contributed by atoms with van der Waals surface area (Å²) in [7, 11) is -2.33. The number of hydrogen-bond acceptors (Lipinski definition) is 5. The largest absolute Gasteiger partial charge is 0.497 e. The molecule has 2 aromatic carbocycles. The van der Waals surface area contributed by atoms with Crippen LogP contribution in [0.3, 0.4) is 0 Å². The van der Waals surface area contributed by atoms with Gasteiger partial charge in [0.25, 0.3) is 0 Å². The molecule has 2 aromatic rings. The molecule has 0 heterocycles. The maximum atomic E-state index is 12.6. The summed E-state index contributed by atoms with van der Waals surface area (Å²) in [5, 5.41) is 9.04. The van der Waals surface area contributed by atoms with Gasteiger partial charge in [0.1, 0.15) is 5.75 Å². The molecule has 0 saturated heterocycles. The summed E-state index contributed by atoms with van der Waals surface area (Å²) in [4.78, 5) is 23.2. The Labute approximate surface area is 158 Å². The van der Waals surface area contributed by atoms with Gasteiger partial charge in [-0.3, -0.25) is 4.79 Å². The van der Waals surface area contributed by atoms with Crippen LogP contribution < -0.4 is 4.74 Å². The highest BCUT2D eigenvalue weighted by Crippen LogP contribution is 2.21. The highest BCUT2D eigenvalue weighted by Gasteiger charge is 2.30. The van der Waals surface area contributed by atoms with Crippen molar-refractivity contribution in [2.75, 3.05) is 12.9 Å². The molecule has 144 valence electrons. The van der Waals surface area contributed by atoms with E-state index in [1.807, 2.05) is 30.3 Å². The van der Waals surface area contributed by atoms with Gasteiger partial charge < -0.3 is 9.84 Å². The van der Waals surface area contributed by atoms with E-state index in [-0.39, 0.29) is 11.3 Å². The molecule has 0 spiro atoms. The van der Waals surface area contributed by atoms with Gasteiger partial charge in [-0.1, -0.05) is 30.3 Å². The summed E-state index contributed by atoms with van der Waals surface area (Å²) in [6.45, 7) is 0. The third-order valence-electron chi connectivity index (χ3n) is 4.28. The van der Waals surface area contributed by atoms with Crippen molar-refractivity contribution in [3.63, 3.8) is 0 Å². The molecule has 1 N–H and O–H groups in total. The quantitative estimate of drug-likeness (QED) is 0.627. The van der Waals surface area contributed by atoms with E-state index in [1.165, 1.54) is 31.4 Å². The molecule has 7 heteroatoms. The zero-order valence-electron chi connectivity index (χ0n) is 15.0. The number of carboxylic acid groups (broad SMARTS) is 1. The number of carboxylic acids is 1. The van der Waals surface area contributed by atoms with Crippen LogP contribution in [0.2, 0.25) is 0 Å². The molecule has 1 atom stereocenters. The first-order chi connectivity index (χ1) is 12.8. The van der Waals surface area contributed by atoms with Crippen molar-refractivity contribution in [3.8, 4) is 5.75 Å². The second-order valence-corrected chi connectivity index (χ2v) is 8.24. The second-order valence-electron chi connectivity index (χ2n) is 6.20. The van der Waals surface area contributed by atoms with Gasteiger partial charge in [0.05, 0.1) is 17.8 Å². The van der Waals surface area contributed by atoms with Gasteiger partial charge >= 0.3 is 5.97 Å². The van der Waals surface area contributed by atoms with E-state index >= 15 is 0 Å². The normalized spacial score (nSPS) is 12.3. The van der Waals surface area contributed by atoms with Crippen LogP contribution in [0.25, 0.3) is 0 Å². The summed E-state index contributed by atoms with van der Waals surface area (Å²) in [5.74, 6) is -3.78. The van der Waals surface area contributed by atoms with E-state index in [4.69, 9.17) is 9.84 Å². The number of carbonyl (C=O) groups is 2. The van der Waals surface area contributed by atoms with Gasteiger partial charge in [-0.2, -0.15) is 0 Å². The van der Waals surface area contributed by atoms with Gasteiger partial charge in [0, 0.05) is 5.92 Å². The minimum absolute atomic E-state index is 0.0366. The van der Waals surface area contributed by atoms with Gasteiger partial charge in [0.2, 0.25) is 5.78 Å². The number of sulfone groups is 1. The van der Waals surface area contributed by atoms with Crippen LogP contribution in [0.15, 0.2) is 59.5 Å². The minimum Gasteiger partial charge on any atom is -0.497 e. The average molecular weight is 390 g/mol. The SMILES string of the molecule is COc1ccc(S(=O)(=O)CC(CCCc2ccccc2)C(=O)C(=O)O)cc1. The van der Waals surface area contributed by atoms with Crippen molar-refractivity contribution in [1.82, 2.24) is 0 Å². The Morgan fingerprint density at radius 2 is 1.67 bits per heavy atom. The summed E-state index contributed by atoms with van der Waals surface area (Å²) < 4.78 is 30.2. The highest BCUT2D eigenvalue weighted by atomic mass is 32.2. The Morgan fingerprint density at radius 1 is 1.04 bits per heavy atom. The van der Waals surface area contributed by atoms with Gasteiger partial charge in [0.15, 0.2) is 9.84 Å². The molecule has 1 unspecified atom stereocenters. The van der Waals surface area contributed by atoms with Crippen molar-refractivity contribution >= 4 is 21.6 Å². The predicted octanol–water partition coefficient (Wildman–Crippen LogP) is 2.76. The molecule has 0 amide bonds. The van der Waals surface area contributed by atoms with E-state index in [9.17, 15) is 18.0 Å². The fourth-order valence-electron chi connectivity index (χ4n) is 2.81. The molecular weight excluding hydrogens is 368 g/mol. The fraction of sp³-hybridized carbons (Fsp3) is 0.300. The molecule has 0 saturated carbocycles. The van der Waals surface area contributed by atoms with Crippen LogP contribution in [0.4, 0.5) is 0 Å². The first-order valence-electron chi connectivity index (χ1n) is 8.51. The van der Waals surface area contributed by atoms with E-state index in [0.29, 0.717) is 18.6 Å². The molecule has 0 aliphatic rings. The molecule has 0 aliphatic carbocycles. The Hall–Kier alpha value is -2.67. The third kappa shape index (κ3) is 5.92. The number of ether oxygens (including phenoxy) is 1. The first-order valence-corrected chi connectivity index (χ1v) is 10.2. The summed E-state index contributed by atoms with van der Waals surface area (Å²) in [5.41, 5.74) is 1.05. The number of benzene rings is 2. The number of aryl methyl sites for hydroxylation is 1. The number of ketones is 1. The van der Waals surface area contributed by atoms with Crippen LogP contribution in [0.1, 0.15) is 18.4 Å². The number of methoxy groups -OCH3 is 1. The lowest BCUT2D eigenvalue weighted by molar-refractivity contribution is -0.150. The topological polar surface area (TPSA) is 97.7 Å². The Bertz CT molecular complexity index is 872. The number of carbonyl (C=O) groups excluding carboxylic acids is 1. The van der Waals surface area contributed by atoms with Crippen LogP contribution in [-0.2, 0) is 25.8 Å². The Balaban J connectivity index is 2.10. The smallest absolute Gasteiger partial charge is 0.372 e. The molecule has 2 rings (SSSR count). The molecule has 0 fully saturated rings. The number of rotatable bonds is 10. The van der Waals surface area contributed by atoms with Crippen molar-refractivity contribution in [2.45, 2.75) is 24.2 Å². The molecule has 0 radical (unpaired) electrons. The standard InChI is InChI=1S/C20H22O6S/c1-26-17-10-12-18(13-11-17)27(24,25)14-16(19(21)20(22)23)9-5-8-15-6-3-2-4-7-15/h2-4,6-7,10-13,16H,5,8-9,14H2,1H3,(H,22,23). The predicted molar refractivity (Wildman–Crippen MR) is 101 cm³/mol. The second kappa shape index (κ2) is 9.32. The average Bonchev–Trinajstić information content (AvgIpc) is 2.67. The maximum Gasteiger partial charge on any atom is 0.372 e. The van der Waals surface area contributed by atoms with E-state index in [0.717, 1.165) is 5.56 Å². The number of Topliss-reactive ketones (excluding diaryl/α,β-unsaturated/α-hetero) is 1. The number of hydrogen-bond donors (Lipinski definition) is 1. The van der Waals surface area contributed by atoms with Crippen molar-refractivity contribution in [2.24, 2.45) is 5.92 Å². The zero-order valence-corrected chi connectivity index (χ0v) is 15.8. The van der Waals surface area contributed by atoms with E-state index < -0.39 is 33.3 Å². The van der Waals surface area contributed by atoms with E-state index in [1.54, 1.807) is 0 Å². The zero-order chi connectivity index (χ0) is 19.9. The molecular formula is C20H22O6S. The minimum atomic E-state index is -3.80. The Kier molecular flexibility index (Phi) is 7.12. The molecule has 27 heavy (non-hydrogen) atoms. The number of aliphatic carboxylic acids is 1. The first kappa shape index (κ1) is 20.6. The van der Waals surface area contributed by atoms with Gasteiger partial charge in [-0.05, 0) is 49.1 Å². The molecule has 0 bridgehead atoms. The summed E-state index contributed by atoms with van der Waals surface area (Å²) >= 11 is 0. The summed E-state index contributed by atoms with van der Waals surface area (Å²) in [6, 6.07) is 15.3. The maximum absolute atomic E-state index is 12.6. The third-order valence-corrected chi connectivity index (χ3v) is 6.11. The van der Waals surface area contributed by atoms with Gasteiger partial charge in [-0.25, -0.2) is 13.2 Å². The van der Waals surface area contributed by atoms with Crippen LogP contribution in [0.5, 0.6) is 5.75 Å². The Morgan fingerprint density at radius 3 is 2.22 bits per heavy atom. The lowest BCUT2D eigenvalue weighted by Crippen LogP contribution is -2.29. The molecule has 0 aliphatic heterocycles. The van der Waals surface area contributed by atoms with Crippen molar-refractivity contribution in [1.29, 1.82) is 0 Å². The van der Waals surface area contributed by atoms with Crippen LogP contribution >= 0.6 is 0 Å². The van der Waals surface area contributed by atoms with Crippen molar-refractivity contribution < 1.29 is 27.9 Å². The monoisotopic (exact) mass is 390 g/mol. The lowest BCUT2D eigenvalue weighted by atomic mass is 9.97. The lowest BCUT2D eigenvalue weighted by Gasteiger charge is -2.14. The van der Waals surface area contributed by atoms with Crippen molar-refractivity contribution in [3.05, 3.63) is 60.2 Å². The van der Waals surface area contributed by atoms with E-state index in [2.05, 4.69) is 0 Å². The molecule has 6 nitrogen and oxygen atoms in total. The summed E-state index contributed by atoms with van der Waals surface area (Å²) in [6.07, 6.45) is 1.36. The molecule has 0 aromatic heterocycles. The van der Waals surface area contributed by atoms with Gasteiger partial charge in [-0.15, -0.1) is 0 Å². The highest BCUT2D eigenvalue weighted by molar-refractivity contribution is 7.91. The fourth-order valence-corrected chi connectivity index (χ4v) is 4.40. The van der Waals surface area contributed by atoms with Crippen LogP contribution in [-0.4, -0.2) is 38.1 Å². The van der Waals surface area contributed by atoms with Crippen LogP contribution in [0, 0.1) is 5.92 Å².